The molecule has 0 unspecified atom stereocenters. The zero-order valence-electron chi connectivity index (χ0n) is 20.4. The topological polar surface area (TPSA) is 127 Å². The third-order valence-electron chi connectivity index (χ3n) is 5.83. The van der Waals surface area contributed by atoms with Crippen molar-refractivity contribution in [2.24, 2.45) is 7.05 Å². The van der Waals surface area contributed by atoms with Gasteiger partial charge in [0, 0.05) is 29.9 Å². The third-order valence-corrected chi connectivity index (χ3v) is 6.76. The fourth-order valence-electron chi connectivity index (χ4n) is 3.65. The second kappa shape index (κ2) is 10.3. The summed E-state index contributed by atoms with van der Waals surface area (Å²) in [4.78, 5) is 49.8. The van der Waals surface area contributed by atoms with Gasteiger partial charge in [0.2, 0.25) is 11.7 Å². The molecule has 0 fully saturated rings. The minimum Gasteiger partial charge on any atom is -0.350 e. The fraction of sp³-hybridized carbons (Fsp3) is 0.280. The van der Waals surface area contributed by atoms with Crippen LogP contribution in [0.3, 0.4) is 0 Å². The van der Waals surface area contributed by atoms with Gasteiger partial charge in [-0.25, -0.2) is 0 Å². The van der Waals surface area contributed by atoms with Crippen molar-refractivity contribution in [1.29, 1.82) is 0 Å². The van der Waals surface area contributed by atoms with E-state index in [-0.39, 0.29) is 35.0 Å². The number of ketones is 1. The van der Waals surface area contributed by atoms with Crippen LogP contribution in [-0.2, 0) is 11.8 Å². The summed E-state index contributed by atoms with van der Waals surface area (Å²) in [6.07, 6.45) is 0.789. The number of anilines is 1. The molecular weight excluding hydrogens is 480 g/mol. The average Bonchev–Trinajstić information content (AvgIpc) is 3.30. The van der Waals surface area contributed by atoms with Crippen LogP contribution in [0.1, 0.15) is 47.9 Å². The van der Waals surface area contributed by atoms with E-state index in [4.69, 9.17) is 0 Å². The molecule has 2 heterocycles. The van der Waals surface area contributed by atoms with E-state index in [1.807, 2.05) is 13.8 Å². The first-order valence-corrected chi connectivity index (χ1v) is 12.4. The monoisotopic (exact) mass is 506 g/mol. The number of thioether (sulfide) groups is 1. The number of hydrogen-bond donors (Lipinski definition) is 2. The van der Waals surface area contributed by atoms with Crippen molar-refractivity contribution in [2.75, 3.05) is 11.1 Å². The van der Waals surface area contributed by atoms with E-state index in [1.54, 1.807) is 53.9 Å². The summed E-state index contributed by atoms with van der Waals surface area (Å²) in [5, 5.41) is 14.8. The molecule has 0 aliphatic carbocycles. The van der Waals surface area contributed by atoms with Crippen molar-refractivity contribution in [2.45, 2.75) is 38.4 Å². The maximum Gasteiger partial charge on any atom is 0.262 e. The molecule has 0 aliphatic rings. The Morgan fingerprint density at radius 2 is 1.86 bits per heavy atom. The van der Waals surface area contributed by atoms with Crippen LogP contribution in [0.25, 0.3) is 16.7 Å². The van der Waals surface area contributed by atoms with E-state index in [9.17, 15) is 19.2 Å². The molecule has 0 bridgehead atoms. The number of nitrogens with one attached hydrogen (secondary N) is 2. The van der Waals surface area contributed by atoms with Crippen molar-refractivity contribution in [1.82, 2.24) is 24.5 Å². The maximum absolute atomic E-state index is 12.9. The lowest BCUT2D eigenvalue weighted by atomic mass is 10.1. The van der Waals surface area contributed by atoms with E-state index < -0.39 is 0 Å². The van der Waals surface area contributed by atoms with Gasteiger partial charge in [0.25, 0.3) is 11.5 Å². The molecule has 10 nitrogen and oxygen atoms in total. The number of Topliss-reactive ketones (excluding diaryl/α,β-unsaturated/α-hetero) is 1. The molecule has 4 aromatic rings. The molecule has 186 valence electrons. The van der Waals surface area contributed by atoms with Crippen LogP contribution in [-0.4, -0.2) is 48.6 Å². The highest BCUT2D eigenvalue weighted by molar-refractivity contribution is 7.99. The van der Waals surface area contributed by atoms with Gasteiger partial charge in [0.05, 0.1) is 16.7 Å². The summed E-state index contributed by atoms with van der Waals surface area (Å²) < 4.78 is 3.05. The van der Waals surface area contributed by atoms with Crippen molar-refractivity contribution in [3.8, 4) is 0 Å². The fourth-order valence-corrected chi connectivity index (χ4v) is 4.39. The summed E-state index contributed by atoms with van der Waals surface area (Å²) in [7, 11) is 1.60. The molecule has 0 saturated carbocycles. The van der Waals surface area contributed by atoms with Gasteiger partial charge in [-0.15, -0.1) is 10.2 Å². The Morgan fingerprint density at radius 3 is 2.58 bits per heavy atom. The Morgan fingerprint density at radius 1 is 1.08 bits per heavy atom. The number of rotatable bonds is 8. The molecule has 0 saturated heterocycles. The smallest absolute Gasteiger partial charge is 0.262 e. The predicted molar refractivity (Wildman–Crippen MR) is 139 cm³/mol. The number of benzene rings is 2. The minimum absolute atomic E-state index is 0.00698. The van der Waals surface area contributed by atoms with Crippen molar-refractivity contribution in [3.05, 3.63) is 63.9 Å². The first-order valence-electron chi connectivity index (χ1n) is 11.4. The van der Waals surface area contributed by atoms with Crippen LogP contribution in [0.4, 0.5) is 5.69 Å². The number of aromatic nitrogens is 4. The highest BCUT2D eigenvalue weighted by Gasteiger charge is 2.18. The first-order chi connectivity index (χ1) is 17.2. The molecule has 0 radical (unpaired) electrons. The molecule has 4 rings (SSSR count). The van der Waals surface area contributed by atoms with Gasteiger partial charge >= 0.3 is 0 Å². The lowest BCUT2D eigenvalue weighted by Crippen LogP contribution is -2.32. The van der Waals surface area contributed by atoms with E-state index in [1.165, 1.54) is 11.5 Å². The average molecular weight is 507 g/mol. The van der Waals surface area contributed by atoms with Gasteiger partial charge < -0.3 is 10.6 Å². The summed E-state index contributed by atoms with van der Waals surface area (Å²) >= 11 is 1.15. The molecular formula is C25H26N6O4S. The van der Waals surface area contributed by atoms with E-state index >= 15 is 0 Å². The van der Waals surface area contributed by atoms with Crippen LogP contribution in [0.5, 0.6) is 0 Å². The standard InChI is InChI=1S/C25H26N6O4S/c1-5-14(2)26-22(34)17-9-10-19-20(12-17)31-24(30(4)23(19)35)28-29-25(31)36-13-21(33)27-18-8-6-7-16(11-18)15(3)32/h6-12,14H,5,13H2,1-4H3,(H,26,34)(H,27,33)/t14-/m0/s1. The molecule has 1 atom stereocenters. The number of amides is 2. The van der Waals surface area contributed by atoms with Gasteiger partial charge in [-0.1, -0.05) is 30.8 Å². The van der Waals surface area contributed by atoms with E-state index in [0.29, 0.717) is 38.7 Å². The van der Waals surface area contributed by atoms with Gasteiger partial charge in [-0.05, 0) is 50.6 Å². The van der Waals surface area contributed by atoms with Crippen molar-refractivity contribution in [3.63, 3.8) is 0 Å². The van der Waals surface area contributed by atoms with Crippen LogP contribution in [0.15, 0.2) is 52.4 Å². The highest BCUT2D eigenvalue weighted by atomic mass is 32.2. The van der Waals surface area contributed by atoms with Crippen molar-refractivity contribution < 1.29 is 14.4 Å². The Balaban J connectivity index is 1.65. The van der Waals surface area contributed by atoms with Gasteiger partial charge in [0.1, 0.15) is 0 Å². The lowest BCUT2D eigenvalue weighted by Gasteiger charge is -2.13. The van der Waals surface area contributed by atoms with Gasteiger partial charge in [0.15, 0.2) is 10.9 Å². The van der Waals surface area contributed by atoms with Crippen LogP contribution in [0, 0.1) is 0 Å². The molecule has 2 amide bonds. The Hall–Kier alpha value is -3.99. The third kappa shape index (κ3) is 5.01. The van der Waals surface area contributed by atoms with Crippen molar-refractivity contribution >= 4 is 51.7 Å². The summed E-state index contributed by atoms with van der Waals surface area (Å²) in [5.74, 6) is -0.312. The van der Waals surface area contributed by atoms with E-state index in [0.717, 1.165) is 18.2 Å². The zero-order chi connectivity index (χ0) is 26.0. The van der Waals surface area contributed by atoms with Gasteiger partial charge in [-0.2, -0.15) is 0 Å². The molecule has 11 heteroatoms. The van der Waals surface area contributed by atoms with Gasteiger partial charge in [-0.3, -0.25) is 28.1 Å². The molecule has 36 heavy (non-hydrogen) atoms. The molecule has 2 aromatic heterocycles. The molecule has 0 spiro atoms. The maximum atomic E-state index is 12.9. The molecule has 0 aliphatic heterocycles. The quantitative estimate of drug-likeness (QED) is 0.278. The first kappa shape index (κ1) is 25.1. The zero-order valence-corrected chi connectivity index (χ0v) is 21.2. The predicted octanol–water partition coefficient (Wildman–Crippen LogP) is 3.04. The number of fused-ring (bicyclic) bond motifs is 3. The lowest BCUT2D eigenvalue weighted by molar-refractivity contribution is -0.113. The van der Waals surface area contributed by atoms with Crippen LogP contribution in [0.2, 0.25) is 0 Å². The second-order valence-corrected chi connectivity index (χ2v) is 9.41. The number of carbonyl (C=O) groups excluding carboxylic acids is 3. The number of aryl methyl sites for hydroxylation is 1. The molecule has 2 N–H and O–H groups in total. The van der Waals surface area contributed by atoms with Crippen LogP contribution >= 0.6 is 11.8 Å². The SMILES string of the molecule is CC[C@H](C)NC(=O)c1ccc2c(=O)n(C)c3nnc(SCC(=O)Nc4cccc(C(C)=O)c4)n3c2c1. The number of nitrogens with zero attached hydrogens (tertiary/aromatic N) is 4. The Kier molecular flexibility index (Phi) is 7.20. The number of carbonyl (C=O) groups is 3. The minimum atomic E-state index is -0.291. The molecule has 2 aromatic carbocycles. The highest BCUT2D eigenvalue weighted by Crippen LogP contribution is 2.23. The van der Waals surface area contributed by atoms with E-state index in [2.05, 4.69) is 20.8 Å². The second-order valence-electron chi connectivity index (χ2n) is 8.47. The Labute approximate surface area is 211 Å². The Bertz CT molecular complexity index is 1560. The summed E-state index contributed by atoms with van der Waals surface area (Å²) in [6.45, 7) is 5.36. The summed E-state index contributed by atoms with van der Waals surface area (Å²) in [6, 6.07) is 11.6. The largest absolute Gasteiger partial charge is 0.350 e. The normalized spacial score (nSPS) is 12.0. The summed E-state index contributed by atoms with van der Waals surface area (Å²) in [5.41, 5.74) is 1.64. The van der Waals surface area contributed by atoms with Crippen LogP contribution < -0.4 is 16.2 Å². The number of hydrogen-bond acceptors (Lipinski definition) is 7.